The molecule has 0 aromatic heterocycles. The molecule has 23 heavy (non-hydrogen) atoms. The van der Waals surface area contributed by atoms with E-state index in [2.05, 4.69) is 65.7 Å². The third-order valence-electron chi connectivity index (χ3n) is 4.78. The first kappa shape index (κ1) is 14.1. The van der Waals surface area contributed by atoms with Crippen LogP contribution in [-0.4, -0.2) is 31.8 Å². The number of hydrogen-bond acceptors (Lipinski definition) is 4. The number of ether oxygens (including phenoxy) is 1. The van der Waals surface area contributed by atoms with E-state index in [0.717, 1.165) is 18.1 Å². The molecule has 0 radical (unpaired) electrons. The molecule has 0 bridgehead atoms. The van der Waals surface area contributed by atoms with Crippen LogP contribution in [0.5, 0.6) is 0 Å². The number of fused-ring (bicyclic) bond motifs is 2. The van der Waals surface area contributed by atoms with Crippen molar-refractivity contribution in [3.05, 3.63) is 60.2 Å². The molecule has 0 fully saturated rings. The molecule has 1 N–H and O–H groups in total. The number of nitrogens with one attached hydrogen (secondary N) is 1. The lowest BCUT2D eigenvalue weighted by atomic mass is 9.89. The molecule has 4 heteroatoms. The average molecular weight is 307 g/mol. The third kappa shape index (κ3) is 2.17. The van der Waals surface area contributed by atoms with Crippen molar-refractivity contribution in [1.29, 1.82) is 0 Å². The van der Waals surface area contributed by atoms with E-state index in [9.17, 15) is 0 Å². The van der Waals surface area contributed by atoms with Crippen LogP contribution in [0, 0.1) is 0 Å². The van der Waals surface area contributed by atoms with Crippen molar-refractivity contribution < 1.29 is 4.74 Å². The van der Waals surface area contributed by atoms with Gasteiger partial charge in [-0.3, -0.25) is 0 Å². The number of nitrogens with zero attached hydrogens (tertiary/aromatic N) is 2. The SMILES string of the molecule is CCN1c2ccccc2N[C@H]2N=C(OC)[C@@H](c3ccccc3)[C@@H]21. The minimum Gasteiger partial charge on any atom is -0.484 e. The Morgan fingerprint density at radius 2 is 1.83 bits per heavy atom. The minimum atomic E-state index is 0.0185. The number of likely N-dealkylation sites (N-methyl/N-ethyl adjacent to an activating group) is 1. The van der Waals surface area contributed by atoms with Crippen molar-refractivity contribution in [2.45, 2.75) is 25.0 Å². The van der Waals surface area contributed by atoms with Crippen molar-refractivity contribution in [3.8, 4) is 0 Å². The quantitative estimate of drug-likeness (QED) is 0.923. The summed E-state index contributed by atoms with van der Waals surface area (Å²) >= 11 is 0. The number of anilines is 2. The van der Waals surface area contributed by atoms with Gasteiger partial charge in [0.1, 0.15) is 6.17 Å². The zero-order chi connectivity index (χ0) is 15.8. The van der Waals surface area contributed by atoms with Gasteiger partial charge in [0, 0.05) is 6.54 Å². The maximum absolute atomic E-state index is 5.65. The number of methoxy groups -OCH3 is 1. The summed E-state index contributed by atoms with van der Waals surface area (Å²) in [5, 5.41) is 3.58. The Hall–Kier alpha value is -2.49. The molecule has 0 saturated carbocycles. The molecule has 3 atom stereocenters. The average Bonchev–Trinajstić information content (AvgIpc) is 2.98. The zero-order valence-electron chi connectivity index (χ0n) is 13.4. The molecule has 4 nitrogen and oxygen atoms in total. The highest BCUT2D eigenvalue weighted by atomic mass is 16.5. The van der Waals surface area contributed by atoms with Crippen LogP contribution >= 0.6 is 0 Å². The van der Waals surface area contributed by atoms with Crippen molar-refractivity contribution in [2.24, 2.45) is 4.99 Å². The number of aliphatic imine (C=N–C) groups is 1. The Kier molecular flexibility index (Phi) is 3.45. The van der Waals surface area contributed by atoms with Gasteiger partial charge in [0.05, 0.1) is 30.4 Å². The summed E-state index contributed by atoms with van der Waals surface area (Å²) in [6, 6.07) is 19.2. The molecule has 0 unspecified atom stereocenters. The molecule has 4 rings (SSSR count). The Labute approximate surface area is 136 Å². The van der Waals surface area contributed by atoms with Gasteiger partial charge in [-0.05, 0) is 24.6 Å². The highest BCUT2D eigenvalue weighted by Crippen LogP contribution is 2.43. The summed E-state index contributed by atoms with van der Waals surface area (Å²) < 4.78 is 5.65. The van der Waals surface area contributed by atoms with E-state index < -0.39 is 0 Å². The monoisotopic (exact) mass is 307 g/mol. The van der Waals surface area contributed by atoms with Gasteiger partial charge in [0.25, 0.3) is 0 Å². The van der Waals surface area contributed by atoms with Crippen molar-refractivity contribution in [1.82, 2.24) is 0 Å². The summed E-state index contributed by atoms with van der Waals surface area (Å²) in [7, 11) is 1.72. The summed E-state index contributed by atoms with van der Waals surface area (Å²) in [4.78, 5) is 7.27. The number of para-hydroxylation sites is 2. The summed E-state index contributed by atoms with van der Waals surface area (Å²) in [6.07, 6.45) is 0.0185. The maximum Gasteiger partial charge on any atom is 0.195 e. The summed E-state index contributed by atoms with van der Waals surface area (Å²) in [5.41, 5.74) is 3.63. The Bertz CT molecular complexity index is 728. The molecule has 0 spiro atoms. The number of hydrogen-bond donors (Lipinski definition) is 1. The predicted molar refractivity (Wildman–Crippen MR) is 94.3 cm³/mol. The fourth-order valence-corrected chi connectivity index (χ4v) is 3.82. The van der Waals surface area contributed by atoms with E-state index in [1.807, 2.05) is 6.07 Å². The molecule has 2 heterocycles. The van der Waals surface area contributed by atoms with Crippen molar-refractivity contribution in [2.75, 3.05) is 23.9 Å². The van der Waals surface area contributed by atoms with Gasteiger partial charge in [-0.2, -0.15) is 0 Å². The van der Waals surface area contributed by atoms with Crippen LogP contribution in [0.1, 0.15) is 18.4 Å². The molecule has 0 amide bonds. The molecule has 2 aliphatic heterocycles. The Morgan fingerprint density at radius 1 is 1.09 bits per heavy atom. The lowest BCUT2D eigenvalue weighted by Gasteiger charge is -2.42. The van der Waals surface area contributed by atoms with Gasteiger partial charge < -0.3 is 15.0 Å². The minimum absolute atomic E-state index is 0.0185. The highest BCUT2D eigenvalue weighted by Gasteiger charge is 2.46. The van der Waals surface area contributed by atoms with Gasteiger partial charge in [0.15, 0.2) is 5.90 Å². The lowest BCUT2D eigenvalue weighted by molar-refractivity contribution is 0.382. The zero-order valence-corrected chi connectivity index (χ0v) is 13.4. The van der Waals surface area contributed by atoms with Gasteiger partial charge in [-0.15, -0.1) is 0 Å². The second-order valence-electron chi connectivity index (χ2n) is 5.94. The van der Waals surface area contributed by atoms with Crippen LogP contribution in [0.15, 0.2) is 59.6 Å². The fraction of sp³-hybridized carbons (Fsp3) is 0.316. The molecular weight excluding hydrogens is 286 g/mol. The predicted octanol–water partition coefficient (Wildman–Crippen LogP) is 3.48. The first-order chi connectivity index (χ1) is 11.3. The topological polar surface area (TPSA) is 36.9 Å². The van der Waals surface area contributed by atoms with E-state index in [1.165, 1.54) is 11.3 Å². The standard InChI is InChI=1S/C19H21N3O/c1-3-22-15-12-8-7-11-14(15)20-18-17(22)16(19(21-18)23-2)13-9-5-4-6-10-13/h4-12,16-18,20H,3H2,1-2H3/t16-,17-,18-/m0/s1. The maximum atomic E-state index is 5.65. The Balaban J connectivity index is 1.81. The van der Waals surface area contributed by atoms with Crippen molar-refractivity contribution >= 4 is 17.3 Å². The van der Waals surface area contributed by atoms with E-state index in [1.54, 1.807) is 7.11 Å². The molecule has 0 saturated heterocycles. The first-order valence-corrected chi connectivity index (χ1v) is 8.12. The third-order valence-corrected chi connectivity index (χ3v) is 4.78. The molecule has 118 valence electrons. The van der Waals surface area contributed by atoms with Gasteiger partial charge in [0.2, 0.25) is 0 Å². The second kappa shape index (κ2) is 5.61. The van der Waals surface area contributed by atoms with Crippen LogP contribution in [0.3, 0.4) is 0 Å². The molecule has 0 aliphatic carbocycles. The largest absolute Gasteiger partial charge is 0.484 e. The second-order valence-corrected chi connectivity index (χ2v) is 5.94. The molecule has 2 aromatic rings. The molecule has 2 aromatic carbocycles. The molecule has 2 aliphatic rings. The van der Waals surface area contributed by atoms with Gasteiger partial charge >= 0.3 is 0 Å². The Morgan fingerprint density at radius 3 is 2.57 bits per heavy atom. The number of benzene rings is 2. The van der Waals surface area contributed by atoms with E-state index >= 15 is 0 Å². The van der Waals surface area contributed by atoms with Gasteiger partial charge in [-0.1, -0.05) is 42.5 Å². The van der Waals surface area contributed by atoms with Crippen LogP contribution in [0.25, 0.3) is 0 Å². The van der Waals surface area contributed by atoms with Crippen LogP contribution < -0.4 is 10.2 Å². The summed E-state index contributed by atoms with van der Waals surface area (Å²) in [5.74, 6) is 0.956. The van der Waals surface area contributed by atoms with E-state index in [-0.39, 0.29) is 18.1 Å². The normalized spacial score (nSPS) is 25.2. The van der Waals surface area contributed by atoms with Crippen molar-refractivity contribution in [3.63, 3.8) is 0 Å². The number of rotatable bonds is 2. The van der Waals surface area contributed by atoms with E-state index in [0.29, 0.717) is 0 Å². The van der Waals surface area contributed by atoms with Crippen LogP contribution in [-0.2, 0) is 4.74 Å². The molecular formula is C19H21N3O. The van der Waals surface area contributed by atoms with Gasteiger partial charge in [-0.25, -0.2) is 4.99 Å². The fourth-order valence-electron chi connectivity index (χ4n) is 3.82. The smallest absolute Gasteiger partial charge is 0.195 e. The first-order valence-electron chi connectivity index (χ1n) is 8.12. The van der Waals surface area contributed by atoms with Crippen LogP contribution in [0.4, 0.5) is 11.4 Å². The van der Waals surface area contributed by atoms with E-state index in [4.69, 9.17) is 9.73 Å². The van der Waals surface area contributed by atoms with Crippen LogP contribution in [0.2, 0.25) is 0 Å². The lowest BCUT2D eigenvalue weighted by Crippen LogP contribution is -2.51. The highest BCUT2D eigenvalue weighted by molar-refractivity contribution is 5.90. The summed E-state index contributed by atoms with van der Waals surface area (Å²) in [6.45, 7) is 3.14.